The molecule has 3 heteroatoms. The number of hydrogen-bond acceptors (Lipinski definition) is 2. The van der Waals surface area contributed by atoms with Crippen LogP contribution in [0.15, 0.2) is 48.1 Å². The lowest BCUT2D eigenvalue weighted by Crippen LogP contribution is -2.25. The Morgan fingerprint density at radius 3 is 2.57 bits per heavy atom. The van der Waals surface area contributed by atoms with E-state index in [9.17, 15) is 4.79 Å². The number of benzene rings is 1. The van der Waals surface area contributed by atoms with Crippen molar-refractivity contribution in [2.45, 2.75) is 44.9 Å². The number of hydrogen-bond donors (Lipinski definition) is 1. The monoisotopic (exact) mass is 284 g/mol. The fourth-order valence-corrected chi connectivity index (χ4v) is 3.10. The Bertz CT molecular complexity index is 487. The van der Waals surface area contributed by atoms with Crippen LogP contribution in [0.4, 0.5) is 0 Å². The van der Waals surface area contributed by atoms with Crippen LogP contribution in [0.25, 0.3) is 0 Å². The average molecular weight is 284 g/mol. The third kappa shape index (κ3) is 4.55. The number of allylic oxidation sites excluding steroid dienone is 1. The Balaban J connectivity index is 1.86. The lowest BCUT2D eigenvalue weighted by Gasteiger charge is -2.35. The van der Waals surface area contributed by atoms with Crippen molar-refractivity contribution in [2.24, 2.45) is 10.5 Å². The van der Waals surface area contributed by atoms with E-state index in [1.807, 2.05) is 30.5 Å². The molecule has 0 saturated heterocycles. The second-order valence-corrected chi connectivity index (χ2v) is 5.88. The third-order valence-corrected chi connectivity index (χ3v) is 4.31. The Morgan fingerprint density at radius 1 is 1.19 bits per heavy atom. The molecule has 0 radical (unpaired) electrons. The average Bonchev–Trinajstić information content (AvgIpc) is 2.53. The quantitative estimate of drug-likeness (QED) is 0.472. The van der Waals surface area contributed by atoms with E-state index in [1.165, 1.54) is 32.1 Å². The van der Waals surface area contributed by atoms with E-state index >= 15 is 0 Å². The van der Waals surface area contributed by atoms with Gasteiger partial charge in [0.15, 0.2) is 0 Å². The maximum absolute atomic E-state index is 11.9. The van der Waals surface area contributed by atoms with Gasteiger partial charge in [-0.3, -0.25) is 4.79 Å². The van der Waals surface area contributed by atoms with E-state index in [1.54, 1.807) is 12.1 Å². The van der Waals surface area contributed by atoms with E-state index in [4.69, 9.17) is 0 Å². The molecular weight excluding hydrogens is 260 g/mol. The number of rotatable bonds is 6. The summed E-state index contributed by atoms with van der Waals surface area (Å²) in [6.45, 7) is 3.88. The zero-order valence-corrected chi connectivity index (χ0v) is 12.6. The van der Waals surface area contributed by atoms with E-state index in [0.717, 1.165) is 12.8 Å². The van der Waals surface area contributed by atoms with Gasteiger partial charge < -0.3 is 0 Å². The second kappa shape index (κ2) is 7.77. The lowest BCUT2D eigenvalue weighted by molar-refractivity contribution is 0.0954. The van der Waals surface area contributed by atoms with Crippen LogP contribution in [0.1, 0.15) is 55.3 Å². The molecule has 1 aromatic rings. The molecule has 21 heavy (non-hydrogen) atoms. The smallest absolute Gasteiger partial charge is 0.267 e. The summed E-state index contributed by atoms with van der Waals surface area (Å²) in [7, 11) is 0. The van der Waals surface area contributed by atoms with Crippen LogP contribution < -0.4 is 5.43 Å². The maximum atomic E-state index is 11.9. The Hall–Kier alpha value is -1.90. The zero-order valence-electron chi connectivity index (χ0n) is 12.6. The van der Waals surface area contributed by atoms with Crippen LogP contribution in [-0.2, 0) is 0 Å². The van der Waals surface area contributed by atoms with Gasteiger partial charge in [-0.25, -0.2) is 5.43 Å². The van der Waals surface area contributed by atoms with Gasteiger partial charge in [0.1, 0.15) is 0 Å². The summed E-state index contributed by atoms with van der Waals surface area (Å²) in [4.78, 5) is 11.9. The molecular formula is C18H24N2O. The minimum atomic E-state index is -0.159. The van der Waals surface area contributed by atoms with Crippen molar-refractivity contribution >= 4 is 12.1 Å². The van der Waals surface area contributed by atoms with Crippen molar-refractivity contribution < 1.29 is 4.79 Å². The Morgan fingerprint density at radius 2 is 1.90 bits per heavy atom. The summed E-state index contributed by atoms with van der Waals surface area (Å²) in [5.41, 5.74) is 3.54. The van der Waals surface area contributed by atoms with Gasteiger partial charge in [0, 0.05) is 11.8 Å². The SMILES string of the molecule is C=CCC1(C/C=N/NC(=O)c2ccccc2)CCCCC1. The summed E-state index contributed by atoms with van der Waals surface area (Å²) in [5, 5.41) is 4.11. The van der Waals surface area contributed by atoms with Crippen molar-refractivity contribution in [3.8, 4) is 0 Å². The van der Waals surface area contributed by atoms with Gasteiger partial charge in [0.2, 0.25) is 0 Å². The molecule has 1 aliphatic rings. The van der Waals surface area contributed by atoms with Crippen LogP contribution in [0.2, 0.25) is 0 Å². The van der Waals surface area contributed by atoms with E-state index < -0.39 is 0 Å². The Kier molecular flexibility index (Phi) is 5.73. The van der Waals surface area contributed by atoms with Crippen LogP contribution in [0.5, 0.6) is 0 Å². The van der Waals surface area contributed by atoms with Gasteiger partial charge >= 0.3 is 0 Å². The molecule has 0 atom stereocenters. The largest absolute Gasteiger partial charge is 0.271 e. The van der Waals surface area contributed by atoms with Crippen LogP contribution in [0.3, 0.4) is 0 Å². The molecule has 0 aromatic heterocycles. The molecule has 0 aliphatic heterocycles. The molecule has 1 N–H and O–H groups in total. The minimum absolute atomic E-state index is 0.159. The highest BCUT2D eigenvalue weighted by Gasteiger charge is 2.29. The van der Waals surface area contributed by atoms with Crippen LogP contribution >= 0.6 is 0 Å². The van der Waals surface area contributed by atoms with Gasteiger partial charge in [-0.05, 0) is 43.2 Å². The van der Waals surface area contributed by atoms with E-state index in [-0.39, 0.29) is 5.91 Å². The summed E-state index contributed by atoms with van der Waals surface area (Å²) in [5.74, 6) is -0.159. The first-order valence-corrected chi connectivity index (χ1v) is 7.74. The van der Waals surface area contributed by atoms with Gasteiger partial charge in [0.05, 0.1) is 0 Å². The molecule has 1 aliphatic carbocycles. The zero-order chi connectivity index (χ0) is 15.0. The molecule has 1 aromatic carbocycles. The number of nitrogens with one attached hydrogen (secondary N) is 1. The molecule has 0 unspecified atom stereocenters. The van der Waals surface area contributed by atoms with E-state index in [2.05, 4.69) is 17.1 Å². The number of amides is 1. The lowest BCUT2D eigenvalue weighted by atomic mass is 9.70. The number of nitrogens with zero attached hydrogens (tertiary/aromatic N) is 1. The van der Waals surface area contributed by atoms with Crippen molar-refractivity contribution in [3.05, 3.63) is 48.6 Å². The minimum Gasteiger partial charge on any atom is -0.267 e. The maximum Gasteiger partial charge on any atom is 0.271 e. The highest BCUT2D eigenvalue weighted by Crippen LogP contribution is 2.41. The normalized spacial score (nSPS) is 17.5. The topological polar surface area (TPSA) is 41.5 Å². The molecule has 2 rings (SSSR count). The molecule has 1 saturated carbocycles. The molecule has 1 fully saturated rings. The van der Waals surface area contributed by atoms with Crippen LogP contribution in [0, 0.1) is 5.41 Å². The summed E-state index contributed by atoms with van der Waals surface area (Å²) in [6, 6.07) is 9.15. The van der Waals surface area contributed by atoms with E-state index in [0.29, 0.717) is 11.0 Å². The first kappa shape index (κ1) is 15.5. The molecule has 112 valence electrons. The highest BCUT2D eigenvalue weighted by atomic mass is 16.2. The number of hydrazone groups is 1. The highest BCUT2D eigenvalue weighted by molar-refractivity contribution is 5.94. The van der Waals surface area contributed by atoms with Crippen molar-refractivity contribution in [2.75, 3.05) is 0 Å². The summed E-state index contributed by atoms with van der Waals surface area (Å²) in [6.07, 6.45) is 12.2. The van der Waals surface area contributed by atoms with Crippen LogP contribution in [-0.4, -0.2) is 12.1 Å². The predicted molar refractivity (Wildman–Crippen MR) is 87.3 cm³/mol. The third-order valence-electron chi connectivity index (χ3n) is 4.31. The van der Waals surface area contributed by atoms with Gasteiger partial charge in [-0.15, -0.1) is 6.58 Å². The molecule has 0 heterocycles. The van der Waals surface area contributed by atoms with Gasteiger partial charge in [-0.1, -0.05) is 43.5 Å². The summed E-state index contributed by atoms with van der Waals surface area (Å²) >= 11 is 0. The Labute approximate surface area is 127 Å². The molecule has 3 nitrogen and oxygen atoms in total. The summed E-state index contributed by atoms with van der Waals surface area (Å²) < 4.78 is 0. The first-order valence-electron chi connectivity index (χ1n) is 7.74. The standard InChI is InChI=1S/C18H24N2O/c1-2-11-18(12-7-4-8-13-18)14-15-19-20-17(21)16-9-5-3-6-10-16/h2-3,5-6,9-10,15H,1,4,7-8,11-14H2,(H,20,21)/b19-15+. The van der Waals surface area contributed by atoms with Crippen molar-refractivity contribution in [1.29, 1.82) is 0 Å². The van der Waals surface area contributed by atoms with Gasteiger partial charge in [-0.2, -0.15) is 5.10 Å². The number of carbonyl (C=O) groups is 1. The fraction of sp³-hybridized carbons (Fsp3) is 0.444. The molecule has 0 bridgehead atoms. The van der Waals surface area contributed by atoms with Crippen molar-refractivity contribution in [3.63, 3.8) is 0 Å². The first-order chi connectivity index (χ1) is 10.3. The molecule has 1 amide bonds. The van der Waals surface area contributed by atoms with Crippen molar-refractivity contribution in [1.82, 2.24) is 5.43 Å². The number of carbonyl (C=O) groups excluding carboxylic acids is 1. The van der Waals surface area contributed by atoms with Gasteiger partial charge in [0.25, 0.3) is 5.91 Å². The molecule has 0 spiro atoms. The second-order valence-electron chi connectivity index (χ2n) is 5.88. The predicted octanol–water partition coefficient (Wildman–Crippen LogP) is 4.32. The fourth-order valence-electron chi connectivity index (χ4n) is 3.10.